The molecule has 90 valence electrons. The average Bonchev–Trinajstić information content (AvgIpc) is 2.39. The van der Waals surface area contributed by atoms with Crippen LogP contribution in [0.4, 0.5) is 5.69 Å². The lowest BCUT2D eigenvalue weighted by Gasteiger charge is -2.10. The Bertz CT molecular complexity index is 602. The zero-order valence-corrected chi connectivity index (χ0v) is 11.5. The highest BCUT2D eigenvalue weighted by Crippen LogP contribution is 2.21. The second-order valence-corrected chi connectivity index (χ2v) is 4.87. The third-order valence-corrected chi connectivity index (χ3v) is 3.21. The monoisotopic (exact) mass is 301 g/mol. The van der Waals surface area contributed by atoms with Crippen LogP contribution >= 0.6 is 15.9 Å². The van der Waals surface area contributed by atoms with Crippen molar-refractivity contribution in [2.45, 2.75) is 13.5 Å². The van der Waals surface area contributed by atoms with Gasteiger partial charge in [-0.3, -0.25) is 4.98 Å². The fourth-order valence-corrected chi connectivity index (χ4v) is 2.00. The van der Waals surface area contributed by atoms with Gasteiger partial charge >= 0.3 is 0 Å². The smallest absolute Gasteiger partial charge is 0.101 e. The zero-order valence-electron chi connectivity index (χ0n) is 9.94. The molecule has 0 bridgehead atoms. The molecule has 0 amide bonds. The first kappa shape index (κ1) is 12.6. The van der Waals surface area contributed by atoms with Gasteiger partial charge in [-0.25, -0.2) is 0 Å². The van der Waals surface area contributed by atoms with E-state index in [4.69, 9.17) is 5.26 Å². The molecule has 2 rings (SSSR count). The summed E-state index contributed by atoms with van der Waals surface area (Å²) in [6, 6.07) is 9.77. The van der Waals surface area contributed by atoms with Gasteiger partial charge in [0.1, 0.15) is 6.07 Å². The Balaban J connectivity index is 2.16. The van der Waals surface area contributed by atoms with Crippen molar-refractivity contribution < 1.29 is 0 Å². The van der Waals surface area contributed by atoms with E-state index in [1.165, 1.54) is 5.56 Å². The van der Waals surface area contributed by atoms with E-state index in [1.807, 2.05) is 31.3 Å². The largest absolute Gasteiger partial charge is 0.380 e. The number of aromatic nitrogens is 1. The number of halogens is 1. The van der Waals surface area contributed by atoms with Gasteiger partial charge in [-0.15, -0.1) is 0 Å². The maximum atomic E-state index is 9.07. The summed E-state index contributed by atoms with van der Waals surface area (Å²) in [4.78, 5) is 4.10. The fourth-order valence-electron chi connectivity index (χ4n) is 1.64. The quantitative estimate of drug-likeness (QED) is 0.941. The number of rotatable bonds is 3. The molecule has 0 saturated carbocycles. The molecule has 18 heavy (non-hydrogen) atoms. The number of nitrogens with zero attached hydrogens (tertiary/aromatic N) is 2. The van der Waals surface area contributed by atoms with E-state index in [1.54, 1.807) is 12.3 Å². The van der Waals surface area contributed by atoms with Crippen molar-refractivity contribution in [3.63, 3.8) is 0 Å². The highest BCUT2D eigenvalue weighted by atomic mass is 79.9. The van der Waals surface area contributed by atoms with Gasteiger partial charge in [0.15, 0.2) is 0 Å². The first-order valence-electron chi connectivity index (χ1n) is 5.53. The SMILES string of the molecule is Cc1ccncc1CNc1ccc(Br)cc1C#N. The van der Waals surface area contributed by atoms with E-state index in [-0.39, 0.29) is 0 Å². The number of hydrogen-bond donors (Lipinski definition) is 1. The lowest BCUT2D eigenvalue weighted by atomic mass is 10.1. The molecule has 0 atom stereocenters. The van der Waals surface area contributed by atoms with E-state index in [2.05, 4.69) is 32.3 Å². The maximum Gasteiger partial charge on any atom is 0.101 e. The molecule has 1 heterocycles. The van der Waals surface area contributed by atoms with Gasteiger partial charge in [0.05, 0.1) is 11.3 Å². The molecule has 1 aromatic heterocycles. The fraction of sp³-hybridized carbons (Fsp3) is 0.143. The number of pyridine rings is 1. The van der Waals surface area contributed by atoms with Crippen LogP contribution in [0.3, 0.4) is 0 Å². The van der Waals surface area contributed by atoms with E-state index >= 15 is 0 Å². The average molecular weight is 302 g/mol. The number of hydrogen-bond acceptors (Lipinski definition) is 3. The molecule has 1 N–H and O–H groups in total. The van der Waals surface area contributed by atoms with Crippen LogP contribution in [-0.4, -0.2) is 4.98 Å². The first-order chi connectivity index (χ1) is 8.70. The predicted octanol–water partition coefficient (Wildman–Crippen LogP) is 3.64. The summed E-state index contributed by atoms with van der Waals surface area (Å²) in [5.74, 6) is 0. The number of benzene rings is 1. The summed E-state index contributed by atoms with van der Waals surface area (Å²) in [6.07, 6.45) is 3.62. The Hall–Kier alpha value is -1.86. The summed E-state index contributed by atoms with van der Waals surface area (Å²) in [6.45, 7) is 2.71. The Morgan fingerprint density at radius 3 is 2.94 bits per heavy atom. The minimum atomic E-state index is 0.630. The van der Waals surface area contributed by atoms with Crippen LogP contribution in [0.1, 0.15) is 16.7 Å². The minimum absolute atomic E-state index is 0.630. The summed E-state index contributed by atoms with van der Waals surface area (Å²) in [5.41, 5.74) is 3.78. The van der Waals surface area contributed by atoms with Crippen molar-refractivity contribution in [1.29, 1.82) is 5.26 Å². The van der Waals surface area contributed by atoms with Gasteiger partial charge in [0, 0.05) is 23.4 Å². The number of anilines is 1. The van der Waals surface area contributed by atoms with Gasteiger partial charge in [0.2, 0.25) is 0 Å². The molecule has 0 fully saturated rings. The summed E-state index contributed by atoms with van der Waals surface area (Å²) >= 11 is 3.36. The van der Waals surface area contributed by atoms with Crippen molar-refractivity contribution in [2.24, 2.45) is 0 Å². The van der Waals surface area contributed by atoms with Crippen LogP contribution < -0.4 is 5.32 Å². The second-order valence-electron chi connectivity index (χ2n) is 3.96. The van der Waals surface area contributed by atoms with Crippen molar-refractivity contribution in [3.8, 4) is 6.07 Å². The van der Waals surface area contributed by atoms with E-state index < -0.39 is 0 Å². The Labute approximate surface area is 115 Å². The topological polar surface area (TPSA) is 48.7 Å². The lowest BCUT2D eigenvalue weighted by Crippen LogP contribution is -2.03. The van der Waals surface area contributed by atoms with Crippen LogP contribution in [0.5, 0.6) is 0 Å². The number of nitriles is 1. The van der Waals surface area contributed by atoms with Gasteiger partial charge in [-0.2, -0.15) is 5.26 Å². The van der Waals surface area contributed by atoms with Gasteiger partial charge < -0.3 is 5.32 Å². The van der Waals surface area contributed by atoms with E-state index in [0.29, 0.717) is 12.1 Å². The highest BCUT2D eigenvalue weighted by Gasteiger charge is 2.03. The zero-order chi connectivity index (χ0) is 13.0. The molecular formula is C14H12BrN3. The Kier molecular flexibility index (Phi) is 3.96. The normalized spacial score (nSPS) is 9.83. The van der Waals surface area contributed by atoms with Crippen LogP contribution in [0.25, 0.3) is 0 Å². The van der Waals surface area contributed by atoms with E-state index in [9.17, 15) is 0 Å². The van der Waals surface area contributed by atoms with Crippen LogP contribution in [-0.2, 0) is 6.54 Å². The highest BCUT2D eigenvalue weighted by molar-refractivity contribution is 9.10. The van der Waals surface area contributed by atoms with Gasteiger partial charge in [-0.05, 0) is 42.3 Å². The molecular weight excluding hydrogens is 290 g/mol. The standard InChI is InChI=1S/C14H12BrN3/c1-10-4-5-17-8-12(10)9-18-14-3-2-13(15)6-11(14)7-16/h2-6,8,18H,9H2,1H3. The van der Waals surface area contributed by atoms with Gasteiger partial charge in [0.25, 0.3) is 0 Å². The van der Waals surface area contributed by atoms with Crippen molar-refractivity contribution in [1.82, 2.24) is 4.98 Å². The Morgan fingerprint density at radius 2 is 2.22 bits per heavy atom. The van der Waals surface area contributed by atoms with Crippen LogP contribution in [0.2, 0.25) is 0 Å². The third kappa shape index (κ3) is 2.88. The van der Waals surface area contributed by atoms with Gasteiger partial charge in [-0.1, -0.05) is 15.9 Å². The number of aryl methyl sites for hydroxylation is 1. The first-order valence-corrected chi connectivity index (χ1v) is 6.33. The Morgan fingerprint density at radius 1 is 1.39 bits per heavy atom. The second kappa shape index (κ2) is 5.65. The van der Waals surface area contributed by atoms with Crippen molar-refractivity contribution in [2.75, 3.05) is 5.32 Å². The van der Waals surface area contributed by atoms with Crippen LogP contribution in [0, 0.1) is 18.3 Å². The number of nitrogens with one attached hydrogen (secondary N) is 1. The molecule has 1 aromatic carbocycles. The van der Waals surface area contributed by atoms with E-state index in [0.717, 1.165) is 15.7 Å². The van der Waals surface area contributed by atoms with Crippen molar-refractivity contribution in [3.05, 3.63) is 57.8 Å². The molecule has 0 radical (unpaired) electrons. The predicted molar refractivity (Wildman–Crippen MR) is 75.2 cm³/mol. The molecule has 0 unspecified atom stereocenters. The summed E-state index contributed by atoms with van der Waals surface area (Å²) in [7, 11) is 0. The summed E-state index contributed by atoms with van der Waals surface area (Å²) < 4.78 is 0.905. The molecule has 0 saturated heterocycles. The molecule has 4 heteroatoms. The molecule has 0 aliphatic carbocycles. The molecule has 0 aliphatic rings. The third-order valence-electron chi connectivity index (χ3n) is 2.72. The minimum Gasteiger partial charge on any atom is -0.380 e. The molecule has 0 aliphatic heterocycles. The lowest BCUT2D eigenvalue weighted by molar-refractivity contribution is 1.08. The molecule has 3 nitrogen and oxygen atoms in total. The molecule has 0 spiro atoms. The maximum absolute atomic E-state index is 9.07. The summed E-state index contributed by atoms with van der Waals surface area (Å²) in [5, 5.41) is 12.3. The van der Waals surface area contributed by atoms with Crippen LogP contribution in [0.15, 0.2) is 41.1 Å². The molecule has 2 aromatic rings. The van der Waals surface area contributed by atoms with Crippen molar-refractivity contribution >= 4 is 21.6 Å².